The smallest absolute Gasteiger partial charge is 0.0710 e. The largest absolute Gasteiger partial charge is 0.380 e. The molecular formula is C14H30N2O. The molecule has 1 aliphatic rings. The number of methoxy groups -OCH3 is 1. The van der Waals surface area contributed by atoms with Crippen LogP contribution in [-0.4, -0.2) is 50.3 Å². The molecule has 1 heterocycles. The molecule has 2 atom stereocenters. The van der Waals surface area contributed by atoms with Crippen LogP contribution in [0, 0.1) is 5.92 Å². The molecule has 3 nitrogen and oxygen atoms in total. The van der Waals surface area contributed by atoms with Gasteiger partial charge in [0.05, 0.1) is 6.10 Å². The fourth-order valence-electron chi connectivity index (χ4n) is 2.44. The highest BCUT2D eigenvalue weighted by Crippen LogP contribution is 2.17. The van der Waals surface area contributed by atoms with E-state index < -0.39 is 0 Å². The number of nitrogens with one attached hydrogen (secondary N) is 1. The predicted octanol–water partition coefficient (Wildman–Crippen LogP) is 2.12. The Bertz CT molecular complexity index is 197. The first kappa shape index (κ1) is 14.9. The zero-order valence-electron chi connectivity index (χ0n) is 12.0. The van der Waals surface area contributed by atoms with Gasteiger partial charge in [0.25, 0.3) is 0 Å². The molecular weight excluding hydrogens is 212 g/mol. The average molecular weight is 242 g/mol. The number of nitrogens with zero attached hydrogens (tertiary/aromatic N) is 1. The molecule has 2 unspecified atom stereocenters. The lowest BCUT2D eigenvalue weighted by molar-refractivity contribution is 0.101. The fourth-order valence-corrected chi connectivity index (χ4v) is 2.44. The molecule has 1 rings (SSSR count). The maximum atomic E-state index is 5.41. The van der Waals surface area contributed by atoms with E-state index in [1.165, 1.54) is 25.8 Å². The number of hydrogen-bond donors (Lipinski definition) is 1. The van der Waals surface area contributed by atoms with Crippen molar-refractivity contribution in [3.8, 4) is 0 Å². The third-order valence-electron chi connectivity index (χ3n) is 3.66. The van der Waals surface area contributed by atoms with Crippen LogP contribution >= 0.6 is 0 Å². The maximum absolute atomic E-state index is 5.41. The molecule has 0 aromatic carbocycles. The zero-order valence-corrected chi connectivity index (χ0v) is 12.0. The molecule has 1 saturated heterocycles. The molecule has 1 fully saturated rings. The van der Waals surface area contributed by atoms with Crippen molar-refractivity contribution in [2.24, 2.45) is 5.92 Å². The topological polar surface area (TPSA) is 24.5 Å². The second-order valence-electron chi connectivity index (χ2n) is 5.73. The minimum Gasteiger partial charge on any atom is -0.380 e. The van der Waals surface area contributed by atoms with E-state index in [9.17, 15) is 0 Å². The standard InChI is InChI=1S/C14H30N2O/c1-12(2)10-15-8-5-6-13(3)16-9-7-14(11-16)17-4/h12-15H,5-11H2,1-4H3. The van der Waals surface area contributed by atoms with Crippen LogP contribution in [0.25, 0.3) is 0 Å². The molecule has 0 aliphatic carbocycles. The number of ether oxygens (including phenoxy) is 1. The highest BCUT2D eigenvalue weighted by molar-refractivity contribution is 4.79. The van der Waals surface area contributed by atoms with Gasteiger partial charge in [-0.2, -0.15) is 0 Å². The van der Waals surface area contributed by atoms with E-state index in [2.05, 4.69) is 31.0 Å². The molecule has 102 valence electrons. The van der Waals surface area contributed by atoms with Crippen LogP contribution in [0.1, 0.15) is 40.0 Å². The average Bonchev–Trinajstić information content (AvgIpc) is 2.76. The van der Waals surface area contributed by atoms with Crippen LogP contribution in [0.2, 0.25) is 0 Å². The summed E-state index contributed by atoms with van der Waals surface area (Å²) in [5.41, 5.74) is 0. The van der Waals surface area contributed by atoms with Crippen LogP contribution in [-0.2, 0) is 4.74 Å². The summed E-state index contributed by atoms with van der Waals surface area (Å²) in [5.74, 6) is 0.758. The van der Waals surface area contributed by atoms with Crippen molar-refractivity contribution in [2.75, 3.05) is 33.3 Å². The summed E-state index contributed by atoms with van der Waals surface area (Å²) in [6, 6.07) is 0.705. The second kappa shape index (κ2) is 8.06. The zero-order chi connectivity index (χ0) is 12.7. The third kappa shape index (κ3) is 5.84. The maximum Gasteiger partial charge on any atom is 0.0710 e. The van der Waals surface area contributed by atoms with E-state index in [1.54, 1.807) is 0 Å². The van der Waals surface area contributed by atoms with Crippen molar-refractivity contribution in [3.05, 3.63) is 0 Å². The van der Waals surface area contributed by atoms with Gasteiger partial charge in [0.15, 0.2) is 0 Å². The van der Waals surface area contributed by atoms with E-state index in [1.807, 2.05) is 7.11 Å². The van der Waals surface area contributed by atoms with Gasteiger partial charge in [-0.05, 0) is 45.2 Å². The van der Waals surface area contributed by atoms with Crippen molar-refractivity contribution >= 4 is 0 Å². The summed E-state index contributed by atoms with van der Waals surface area (Å²) >= 11 is 0. The Hall–Kier alpha value is -0.120. The SMILES string of the molecule is COC1CCN(C(C)CCCNCC(C)C)C1. The monoisotopic (exact) mass is 242 g/mol. The molecule has 0 aromatic heterocycles. The summed E-state index contributed by atoms with van der Waals surface area (Å²) in [6.07, 6.45) is 4.24. The lowest BCUT2D eigenvalue weighted by Crippen LogP contribution is -2.32. The first-order valence-corrected chi connectivity index (χ1v) is 7.11. The van der Waals surface area contributed by atoms with E-state index in [4.69, 9.17) is 4.74 Å². The van der Waals surface area contributed by atoms with Gasteiger partial charge in [-0.3, -0.25) is 4.90 Å². The Morgan fingerprint density at radius 2 is 2.12 bits per heavy atom. The van der Waals surface area contributed by atoms with E-state index in [-0.39, 0.29) is 0 Å². The van der Waals surface area contributed by atoms with Gasteiger partial charge in [0, 0.05) is 26.2 Å². The van der Waals surface area contributed by atoms with E-state index in [0.29, 0.717) is 12.1 Å². The first-order chi connectivity index (χ1) is 8.13. The van der Waals surface area contributed by atoms with Gasteiger partial charge in [-0.1, -0.05) is 13.8 Å². The number of rotatable bonds is 8. The molecule has 0 saturated carbocycles. The highest BCUT2D eigenvalue weighted by Gasteiger charge is 2.25. The Morgan fingerprint density at radius 3 is 2.71 bits per heavy atom. The predicted molar refractivity (Wildman–Crippen MR) is 73.4 cm³/mol. The Morgan fingerprint density at radius 1 is 1.35 bits per heavy atom. The van der Waals surface area contributed by atoms with Crippen LogP contribution in [0.4, 0.5) is 0 Å². The number of hydrogen-bond acceptors (Lipinski definition) is 3. The quantitative estimate of drug-likeness (QED) is 0.660. The molecule has 1 aliphatic heterocycles. The van der Waals surface area contributed by atoms with Gasteiger partial charge >= 0.3 is 0 Å². The summed E-state index contributed by atoms with van der Waals surface area (Å²) in [6.45, 7) is 11.5. The van der Waals surface area contributed by atoms with E-state index in [0.717, 1.165) is 25.6 Å². The lowest BCUT2D eigenvalue weighted by Gasteiger charge is -2.24. The summed E-state index contributed by atoms with van der Waals surface area (Å²) in [4.78, 5) is 2.57. The molecule has 0 spiro atoms. The highest BCUT2D eigenvalue weighted by atomic mass is 16.5. The van der Waals surface area contributed by atoms with Crippen molar-refractivity contribution in [1.29, 1.82) is 0 Å². The third-order valence-corrected chi connectivity index (χ3v) is 3.66. The van der Waals surface area contributed by atoms with Crippen LogP contribution in [0.3, 0.4) is 0 Å². The summed E-state index contributed by atoms with van der Waals surface area (Å²) in [5, 5.41) is 3.51. The van der Waals surface area contributed by atoms with Crippen LogP contribution < -0.4 is 5.32 Å². The normalized spacial score (nSPS) is 23.5. The van der Waals surface area contributed by atoms with Crippen molar-refractivity contribution in [3.63, 3.8) is 0 Å². The number of likely N-dealkylation sites (tertiary alicyclic amines) is 1. The van der Waals surface area contributed by atoms with Gasteiger partial charge in [-0.25, -0.2) is 0 Å². The molecule has 0 amide bonds. The Kier molecular flexibility index (Phi) is 7.09. The van der Waals surface area contributed by atoms with Gasteiger partial charge in [0.1, 0.15) is 0 Å². The van der Waals surface area contributed by atoms with Crippen LogP contribution in [0.5, 0.6) is 0 Å². The molecule has 1 N–H and O–H groups in total. The fraction of sp³-hybridized carbons (Fsp3) is 1.00. The van der Waals surface area contributed by atoms with Gasteiger partial charge in [-0.15, -0.1) is 0 Å². The molecule has 0 aromatic rings. The van der Waals surface area contributed by atoms with Gasteiger partial charge in [0.2, 0.25) is 0 Å². The second-order valence-corrected chi connectivity index (χ2v) is 5.73. The molecule has 0 bridgehead atoms. The van der Waals surface area contributed by atoms with Crippen LogP contribution in [0.15, 0.2) is 0 Å². The van der Waals surface area contributed by atoms with E-state index >= 15 is 0 Å². The van der Waals surface area contributed by atoms with Crippen molar-refractivity contribution in [1.82, 2.24) is 10.2 Å². The Labute approximate surface area is 107 Å². The summed E-state index contributed by atoms with van der Waals surface area (Å²) < 4.78 is 5.41. The summed E-state index contributed by atoms with van der Waals surface area (Å²) in [7, 11) is 1.83. The lowest BCUT2D eigenvalue weighted by atomic mass is 10.1. The van der Waals surface area contributed by atoms with Crippen molar-refractivity contribution in [2.45, 2.75) is 52.2 Å². The molecule has 0 radical (unpaired) electrons. The first-order valence-electron chi connectivity index (χ1n) is 7.11. The van der Waals surface area contributed by atoms with Crippen molar-refractivity contribution < 1.29 is 4.74 Å². The molecule has 17 heavy (non-hydrogen) atoms. The minimum absolute atomic E-state index is 0.469. The minimum atomic E-state index is 0.469. The Balaban J connectivity index is 2.03. The van der Waals surface area contributed by atoms with Gasteiger partial charge < -0.3 is 10.1 Å². The molecule has 3 heteroatoms.